The summed E-state index contributed by atoms with van der Waals surface area (Å²) in [7, 11) is 0. The summed E-state index contributed by atoms with van der Waals surface area (Å²) in [5, 5.41) is 17.4. The SMILES string of the molecule is C=C(CCCC(=O)O)C(=C)CCC(CC)C(=O)O. The van der Waals surface area contributed by atoms with Gasteiger partial charge in [0.2, 0.25) is 0 Å². The van der Waals surface area contributed by atoms with Gasteiger partial charge in [0.25, 0.3) is 0 Å². The molecule has 0 fully saturated rings. The van der Waals surface area contributed by atoms with E-state index >= 15 is 0 Å². The highest BCUT2D eigenvalue weighted by atomic mass is 16.4. The molecule has 102 valence electrons. The third-order valence-corrected chi connectivity index (χ3v) is 3.01. The predicted molar refractivity (Wildman–Crippen MR) is 70.4 cm³/mol. The van der Waals surface area contributed by atoms with Crippen molar-refractivity contribution in [1.29, 1.82) is 0 Å². The van der Waals surface area contributed by atoms with Gasteiger partial charge in [-0.15, -0.1) is 0 Å². The van der Waals surface area contributed by atoms with Crippen LogP contribution in [0.3, 0.4) is 0 Å². The Morgan fingerprint density at radius 3 is 2.06 bits per heavy atom. The quantitative estimate of drug-likeness (QED) is 0.587. The van der Waals surface area contributed by atoms with E-state index in [2.05, 4.69) is 13.2 Å². The molecule has 0 aliphatic rings. The van der Waals surface area contributed by atoms with Gasteiger partial charge in [0.05, 0.1) is 5.92 Å². The summed E-state index contributed by atoms with van der Waals surface area (Å²) in [5.41, 5.74) is 1.66. The molecule has 0 aliphatic carbocycles. The van der Waals surface area contributed by atoms with Crippen molar-refractivity contribution in [2.45, 2.75) is 45.4 Å². The van der Waals surface area contributed by atoms with E-state index in [1.807, 2.05) is 6.92 Å². The van der Waals surface area contributed by atoms with Crippen molar-refractivity contribution >= 4 is 11.9 Å². The van der Waals surface area contributed by atoms with Gasteiger partial charge in [-0.2, -0.15) is 0 Å². The molecule has 0 radical (unpaired) electrons. The van der Waals surface area contributed by atoms with Crippen LogP contribution in [0, 0.1) is 5.92 Å². The van der Waals surface area contributed by atoms with Crippen molar-refractivity contribution in [2.24, 2.45) is 5.92 Å². The molecule has 0 saturated heterocycles. The zero-order valence-electron chi connectivity index (χ0n) is 10.9. The third kappa shape index (κ3) is 6.89. The Balaban J connectivity index is 3.97. The Morgan fingerprint density at radius 1 is 1.06 bits per heavy atom. The summed E-state index contributed by atoms with van der Waals surface area (Å²) in [6, 6.07) is 0. The van der Waals surface area contributed by atoms with Crippen LogP contribution in [0.4, 0.5) is 0 Å². The van der Waals surface area contributed by atoms with Crippen LogP contribution in [-0.2, 0) is 9.59 Å². The molecule has 0 aromatic heterocycles. The molecule has 0 bridgehead atoms. The van der Waals surface area contributed by atoms with Gasteiger partial charge in [0.15, 0.2) is 0 Å². The minimum atomic E-state index is -0.815. The highest BCUT2D eigenvalue weighted by Crippen LogP contribution is 2.22. The zero-order chi connectivity index (χ0) is 14.1. The smallest absolute Gasteiger partial charge is 0.306 e. The number of carboxylic acids is 2. The number of hydrogen-bond acceptors (Lipinski definition) is 2. The summed E-state index contributed by atoms with van der Waals surface area (Å²) in [6.45, 7) is 9.59. The van der Waals surface area contributed by atoms with Gasteiger partial charge in [0, 0.05) is 6.42 Å². The lowest BCUT2D eigenvalue weighted by atomic mass is 9.93. The molecule has 4 nitrogen and oxygen atoms in total. The molecule has 4 heteroatoms. The van der Waals surface area contributed by atoms with Gasteiger partial charge < -0.3 is 10.2 Å². The number of carboxylic acid groups (broad SMARTS) is 2. The summed E-state index contributed by atoms with van der Waals surface area (Å²) < 4.78 is 0. The fourth-order valence-electron chi connectivity index (χ4n) is 1.66. The highest BCUT2D eigenvalue weighted by Gasteiger charge is 2.15. The molecule has 1 unspecified atom stereocenters. The van der Waals surface area contributed by atoms with Crippen LogP contribution in [0.5, 0.6) is 0 Å². The van der Waals surface area contributed by atoms with Crippen LogP contribution in [-0.4, -0.2) is 22.2 Å². The molecule has 0 heterocycles. The molecule has 0 saturated carbocycles. The molecule has 0 aliphatic heterocycles. The van der Waals surface area contributed by atoms with Crippen LogP contribution in [0.15, 0.2) is 24.3 Å². The number of aliphatic carboxylic acids is 2. The summed E-state index contributed by atoms with van der Waals surface area (Å²) >= 11 is 0. The van der Waals surface area contributed by atoms with Crippen molar-refractivity contribution in [3.63, 3.8) is 0 Å². The van der Waals surface area contributed by atoms with Crippen molar-refractivity contribution in [1.82, 2.24) is 0 Å². The Morgan fingerprint density at radius 2 is 1.61 bits per heavy atom. The molecule has 0 amide bonds. The fraction of sp³-hybridized carbons (Fsp3) is 0.571. The molecule has 0 aromatic carbocycles. The van der Waals surface area contributed by atoms with E-state index in [4.69, 9.17) is 10.2 Å². The molecule has 0 rings (SSSR count). The molecule has 1 atom stereocenters. The lowest BCUT2D eigenvalue weighted by molar-refractivity contribution is -0.142. The second-order valence-electron chi connectivity index (χ2n) is 4.44. The lowest BCUT2D eigenvalue weighted by Gasteiger charge is -2.12. The first-order chi connectivity index (χ1) is 8.38. The Bertz CT molecular complexity index is 331. The maximum atomic E-state index is 10.8. The van der Waals surface area contributed by atoms with E-state index in [1.165, 1.54) is 0 Å². The topological polar surface area (TPSA) is 74.6 Å². The molecular formula is C14H22O4. The van der Waals surface area contributed by atoms with E-state index in [9.17, 15) is 9.59 Å². The normalized spacial score (nSPS) is 11.8. The number of allylic oxidation sites excluding steroid dienone is 2. The van der Waals surface area contributed by atoms with E-state index in [0.717, 1.165) is 11.1 Å². The van der Waals surface area contributed by atoms with E-state index in [1.54, 1.807) is 0 Å². The van der Waals surface area contributed by atoms with Crippen molar-refractivity contribution in [3.05, 3.63) is 24.3 Å². The standard InChI is InChI=1S/C14H22O4/c1-4-12(14(17)18)9-8-11(3)10(2)6-5-7-13(15)16/h12H,2-9H2,1H3,(H,15,16)(H,17,18). The van der Waals surface area contributed by atoms with Crippen LogP contribution < -0.4 is 0 Å². The number of carbonyl (C=O) groups is 2. The van der Waals surface area contributed by atoms with E-state index in [0.29, 0.717) is 32.1 Å². The van der Waals surface area contributed by atoms with Crippen molar-refractivity contribution < 1.29 is 19.8 Å². The second kappa shape index (κ2) is 8.50. The predicted octanol–water partition coefficient (Wildman–Crippen LogP) is 3.24. The first kappa shape index (κ1) is 16.4. The van der Waals surface area contributed by atoms with Gasteiger partial charge in [-0.3, -0.25) is 9.59 Å². The van der Waals surface area contributed by atoms with Gasteiger partial charge in [-0.1, -0.05) is 31.2 Å². The number of rotatable bonds is 10. The Hall–Kier alpha value is -1.58. The molecule has 2 N–H and O–H groups in total. The van der Waals surface area contributed by atoms with Crippen LogP contribution in [0.2, 0.25) is 0 Å². The Kier molecular flexibility index (Phi) is 7.76. The second-order valence-corrected chi connectivity index (χ2v) is 4.44. The monoisotopic (exact) mass is 254 g/mol. The number of hydrogen-bond donors (Lipinski definition) is 2. The average molecular weight is 254 g/mol. The van der Waals surface area contributed by atoms with Crippen molar-refractivity contribution in [2.75, 3.05) is 0 Å². The fourth-order valence-corrected chi connectivity index (χ4v) is 1.66. The Labute approximate surface area is 108 Å². The van der Waals surface area contributed by atoms with Gasteiger partial charge >= 0.3 is 11.9 Å². The van der Waals surface area contributed by atoms with Crippen molar-refractivity contribution in [3.8, 4) is 0 Å². The largest absolute Gasteiger partial charge is 0.481 e. The summed E-state index contributed by atoms with van der Waals surface area (Å²) in [5.74, 6) is -1.93. The summed E-state index contributed by atoms with van der Waals surface area (Å²) in [4.78, 5) is 21.2. The summed E-state index contributed by atoms with van der Waals surface area (Å²) in [6.07, 6.45) is 3.05. The maximum absolute atomic E-state index is 10.8. The average Bonchev–Trinajstić information content (AvgIpc) is 2.28. The first-order valence-corrected chi connectivity index (χ1v) is 6.19. The van der Waals surface area contributed by atoms with Gasteiger partial charge in [0.1, 0.15) is 0 Å². The van der Waals surface area contributed by atoms with E-state index in [-0.39, 0.29) is 12.3 Å². The first-order valence-electron chi connectivity index (χ1n) is 6.19. The molecule has 18 heavy (non-hydrogen) atoms. The van der Waals surface area contributed by atoms with Crippen LogP contribution in [0.1, 0.15) is 45.4 Å². The lowest BCUT2D eigenvalue weighted by Crippen LogP contribution is -2.12. The molecule has 0 aromatic rings. The van der Waals surface area contributed by atoms with Crippen LogP contribution in [0.25, 0.3) is 0 Å². The minimum absolute atomic E-state index is 0.124. The molecular weight excluding hydrogens is 232 g/mol. The highest BCUT2D eigenvalue weighted by molar-refractivity contribution is 5.69. The maximum Gasteiger partial charge on any atom is 0.306 e. The third-order valence-electron chi connectivity index (χ3n) is 3.01. The molecule has 0 spiro atoms. The zero-order valence-corrected chi connectivity index (χ0v) is 10.9. The van der Waals surface area contributed by atoms with Gasteiger partial charge in [-0.25, -0.2) is 0 Å². The van der Waals surface area contributed by atoms with E-state index < -0.39 is 11.9 Å². The minimum Gasteiger partial charge on any atom is -0.481 e. The van der Waals surface area contributed by atoms with Crippen LogP contribution >= 0.6 is 0 Å². The van der Waals surface area contributed by atoms with Gasteiger partial charge in [-0.05, 0) is 32.1 Å².